The zero-order valence-electron chi connectivity index (χ0n) is 14.4. The summed E-state index contributed by atoms with van der Waals surface area (Å²) >= 11 is 14.0. The van der Waals surface area contributed by atoms with Crippen molar-refractivity contribution in [1.82, 2.24) is 0 Å². The van der Waals surface area contributed by atoms with Crippen LogP contribution in [0.25, 0.3) is 0 Å². The van der Waals surface area contributed by atoms with Crippen LogP contribution in [0, 0.1) is 0 Å². The molecule has 0 spiro atoms. The monoisotopic (exact) mass is 636 g/mol. The number of hydrogen-bond acceptors (Lipinski definition) is 4. The highest BCUT2D eigenvalue weighted by atomic mass is 79.9. The van der Waals surface area contributed by atoms with Crippen molar-refractivity contribution >= 4 is 63.7 Å². The van der Waals surface area contributed by atoms with Crippen LogP contribution in [0.5, 0.6) is 0 Å². The fraction of sp³-hybridized carbons (Fsp3) is 0.400. The first-order valence-electron chi connectivity index (χ1n) is 8.99. The Hall–Kier alpha value is 0.200. The Morgan fingerprint density at radius 2 is 0.643 bits per heavy atom. The summed E-state index contributed by atoms with van der Waals surface area (Å²) in [5.41, 5.74) is 8.57. The SMILES string of the molecule is O[C@@H]1Cc2c(Br)c3c(c(Br)c21)[C@@H](O)C3.O[C@@H]1Cc2c(Br)c3c(c(Br)c21)[C@@H](O)C3. The van der Waals surface area contributed by atoms with Crippen LogP contribution in [0.4, 0.5) is 0 Å². The Morgan fingerprint density at radius 3 is 0.821 bits per heavy atom. The molecule has 0 aliphatic heterocycles. The smallest absolute Gasteiger partial charge is 0.0844 e. The second kappa shape index (κ2) is 6.85. The lowest BCUT2D eigenvalue weighted by Gasteiger charge is -2.37. The molecule has 0 saturated carbocycles. The van der Waals surface area contributed by atoms with Crippen molar-refractivity contribution in [3.05, 3.63) is 62.4 Å². The summed E-state index contributed by atoms with van der Waals surface area (Å²) in [5, 5.41) is 38.4. The van der Waals surface area contributed by atoms with E-state index in [2.05, 4.69) is 63.7 Å². The predicted molar refractivity (Wildman–Crippen MR) is 118 cm³/mol. The third kappa shape index (κ3) is 2.59. The molecule has 4 atom stereocenters. The number of hydrogen-bond donors (Lipinski definition) is 4. The van der Waals surface area contributed by atoms with Crippen molar-refractivity contribution < 1.29 is 20.4 Å². The number of fused-ring (bicyclic) bond motifs is 4. The molecule has 4 nitrogen and oxygen atoms in total. The van der Waals surface area contributed by atoms with Crippen LogP contribution in [0.1, 0.15) is 68.9 Å². The summed E-state index contributed by atoms with van der Waals surface area (Å²) < 4.78 is 3.98. The van der Waals surface area contributed by atoms with Crippen LogP contribution < -0.4 is 0 Å². The van der Waals surface area contributed by atoms with Gasteiger partial charge in [0.05, 0.1) is 24.4 Å². The van der Waals surface area contributed by atoms with Gasteiger partial charge < -0.3 is 20.4 Å². The van der Waals surface area contributed by atoms with Crippen LogP contribution in [0.15, 0.2) is 17.9 Å². The van der Waals surface area contributed by atoms with Crippen molar-refractivity contribution in [2.75, 3.05) is 0 Å². The minimum Gasteiger partial charge on any atom is -0.388 e. The maximum atomic E-state index is 9.60. The van der Waals surface area contributed by atoms with Gasteiger partial charge in [-0.05, 0) is 44.5 Å². The first-order valence-corrected chi connectivity index (χ1v) is 12.2. The van der Waals surface area contributed by atoms with Crippen molar-refractivity contribution in [3.8, 4) is 0 Å². The summed E-state index contributed by atoms with van der Waals surface area (Å²) in [7, 11) is 0. The standard InChI is InChI=1S/2C10H8Br2O2/c2*11-9-3-1-5(13)7(3)10(12)8-4(9)2-6(8)14/h2*5-6,13-14H,1-2H2/t2*5-,6+. The molecule has 8 heteroatoms. The van der Waals surface area contributed by atoms with Crippen molar-refractivity contribution in [3.63, 3.8) is 0 Å². The second-order valence-electron chi connectivity index (χ2n) is 7.70. The van der Waals surface area contributed by atoms with Gasteiger partial charge in [0.15, 0.2) is 0 Å². The zero-order chi connectivity index (χ0) is 20.1. The van der Waals surface area contributed by atoms with Gasteiger partial charge in [0.25, 0.3) is 0 Å². The van der Waals surface area contributed by atoms with E-state index in [9.17, 15) is 20.4 Å². The van der Waals surface area contributed by atoms with Gasteiger partial charge in [-0.3, -0.25) is 0 Å². The first-order chi connectivity index (χ1) is 13.2. The average molecular weight is 640 g/mol. The fourth-order valence-corrected chi connectivity index (χ4v) is 8.02. The Morgan fingerprint density at radius 1 is 0.429 bits per heavy atom. The molecule has 148 valence electrons. The molecular weight excluding hydrogens is 624 g/mol. The maximum absolute atomic E-state index is 9.60. The van der Waals surface area contributed by atoms with Gasteiger partial charge in [-0.25, -0.2) is 0 Å². The van der Waals surface area contributed by atoms with E-state index in [0.717, 1.165) is 65.8 Å². The molecule has 4 N–H and O–H groups in total. The molecule has 0 fully saturated rings. The van der Waals surface area contributed by atoms with Crippen LogP contribution >= 0.6 is 63.7 Å². The van der Waals surface area contributed by atoms with E-state index in [0.29, 0.717) is 0 Å². The van der Waals surface area contributed by atoms with Crippen LogP contribution in [-0.4, -0.2) is 20.4 Å². The normalized spacial score (nSPS) is 27.4. The predicted octanol–water partition coefficient (Wildman–Crippen LogP) is 4.78. The minimum atomic E-state index is -0.367. The van der Waals surface area contributed by atoms with Crippen LogP contribution in [-0.2, 0) is 25.7 Å². The Labute approximate surface area is 195 Å². The highest BCUT2D eigenvalue weighted by Gasteiger charge is 2.40. The summed E-state index contributed by atoms with van der Waals surface area (Å²) in [4.78, 5) is 0. The molecular formula is C20H16Br4O4. The molecule has 2 aromatic carbocycles. The minimum absolute atomic E-state index is 0.367. The van der Waals surface area contributed by atoms with Crippen molar-refractivity contribution in [1.29, 1.82) is 0 Å². The molecule has 6 rings (SSSR count). The van der Waals surface area contributed by atoms with Crippen molar-refractivity contribution in [2.24, 2.45) is 0 Å². The molecule has 4 aliphatic rings. The van der Waals surface area contributed by atoms with E-state index in [4.69, 9.17) is 0 Å². The van der Waals surface area contributed by atoms with E-state index < -0.39 is 0 Å². The quantitative estimate of drug-likeness (QED) is 0.335. The Bertz CT molecular complexity index is 894. The summed E-state index contributed by atoms with van der Waals surface area (Å²) in [6, 6.07) is 0. The summed E-state index contributed by atoms with van der Waals surface area (Å²) in [6.07, 6.45) is 1.41. The van der Waals surface area contributed by atoms with Crippen molar-refractivity contribution in [2.45, 2.75) is 50.1 Å². The van der Waals surface area contributed by atoms with Crippen LogP contribution in [0.2, 0.25) is 0 Å². The van der Waals surface area contributed by atoms with Gasteiger partial charge in [-0.15, -0.1) is 0 Å². The van der Waals surface area contributed by atoms with Gasteiger partial charge >= 0.3 is 0 Å². The number of halogens is 4. The molecule has 0 aromatic heterocycles. The molecule has 4 aliphatic carbocycles. The number of benzene rings is 2. The van der Waals surface area contributed by atoms with Gasteiger partial charge in [-0.1, -0.05) is 63.7 Å². The largest absolute Gasteiger partial charge is 0.388 e. The Balaban J connectivity index is 0.000000122. The lowest BCUT2D eigenvalue weighted by atomic mass is 9.75. The highest BCUT2D eigenvalue weighted by Crippen LogP contribution is 2.54. The van der Waals surface area contributed by atoms with E-state index >= 15 is 0 Å². The lowest BCUT2D eigenvalue weighted by molar-refractivity contribution is 0.138. The zero-order valence-corrected chi connectivity index (χ0v) is 20.8. The molecule has 2 aromatic rings. The number of aliphatic hydroxyl groups excluding tert-OH is 4. The lowest BCUT2D eigenvalue weighted by Crippen LogP contribution is -2.27. The third-order valence-corrected chi connectivity index (χ3v) is 9.85. The topological polar surface area (TPSA) is 80.9 Å². The Kier molecular flexibility index (Phi) is 4.92. The van der Waals surface area contributed by atoms with Crippen LogP contribution in [0.3, 0.4) is 0 Å². The molecule has 0 saturated heterocycles. The molecule has 28 heavy (non-hydrogen) atoms. The summed E-state index contributed by atoms with van der Waals surface area (Å²) in [5.74, 6) is 0. The van der Waals surface area contributed by atoms with E-state index in [1.807, 2.05) is 0 Å². The molecule has 0 unspecified atom stereocenters. The summed E-state index contributed by atoms with van der Waals surface area (Å²) in [6.45, 7) is 0. The average Bonchev–Trinajstić information content (AvgIpc) is 2.57. The van der Waals surface area contributed by atoms with E-state index in [1.54, 1.807) is 0 Å². The van der Waals surface area contributed by atoms with Gasteiger partial charge in [-0.2, -0.15) is 0 Å². The molecule has 0 amide bonds. The molecule has 0 bridgehead atoms. The fourth-order valence-electron chi connectivity index (χ4n) is 4.50. The van der Waals surface area contributed by atoms with E-state index in [-0.39, 0.29) is 24.4 Å². The molecule has 0 heterocycles. The van der Waals surface area contributed by atoms with Gasteiger partial charge in [0, 0.05) is 43.6 Å². The molecule has 0 radical (unpaired) electrons. The second-order valence-corrected chi connectivity index (χ2v) is 10.9. The third-order valence-electron chi connectivity index (χ3n) is 6.23. The highest BCUT2D eigenvalue weighted by molar-refractivity contribution is 9.11. The number of aliphatic hydroxyl groups is 4. The number of rotatable bonds is 0. The maximum Gasteiger partial charge on any atom is 0.0844 e. The first kappa shape index (κ1) is 20.1. The van der Waals surface area contributed by atoms with E-state index in [1.165, 1.54) is 22.3 Å². The van der Waals surface area contributed by atoms with Gasteiger partial charge in [0.2, 0.25) is 0 Å². The van der Waals surface area contributed by atoms with Gasteiger partial charge in [0.1, 0.15) is 0 Å².